The van der Waals surface area contributed by atoms with Crippen molar-refractivity contribution in [2.24, 2.45) is 34.3 Å². The van der Waals surface area contributed by atoms with E-state index in [-0.39, 0.29) is 42.0 Å². The molecule has 3 aliphatic heterocycles. The van der Waals surface area contributed by atoms with Crippen LogP contribution in [0.1, 0.15) is 67.2 Å². The fraction of sp³-hybridized carbons (Fsp3) is 0.793. The lowest BCUT2D eigenvalue weighted by atomic mass is 9.82. The molecule has 1 spiro atoms. The van der Waals surface area contributed by atoms with Gasteiger partial charge in [-0.2, -0.15) is 13.2 Å². The molecule has 12 nitrogen and oxygen atoms in total. The van der Waals surface area contributed by atoms with Gasteiger partial charge in [0.1, 0.15) is 18.1 Å². The minimum Gasteiger partial charge on any atom is -0.368 e. The van der Waals surface area contributed by atoms with Crippen LogP contribution in [0.3, 0.4) is 0 Å². The lowest BCUT2D eigenvalue weighted by Gasteiger charge is -2.39. The van der Waals surface area contributed by atoms with Crippen LogP contribution in [-0.2, 0) is 28.8 Å². The maximum atomic E-state index is 13.8. The Hall–Kier alpha value is -3.39. The van der Waals surface area contributed by atoms with Crippen LogP contribution < -0.4 is 21.7 Å². The summed E-state index contributed by atoms with van der Waals surface area (Å²) in [5.74, 6) is -6.06. The third-order valence-corrected chi connectivity index (χ3v) is 10.1. The molecule has 6 amide bonds. The fourth-order valence-electron chi connectivity index (χ4n) is 7.38. The number of likely N-dealkylation sites (tertiary alicyclic amines) is 2. The Morgan fingerprint density at radius 3 is 2.16 bits per heavy atom. The first-order valence-corrected chi connectivity index (χ1v) is 14.9. The summed E-state index contributed by atoms with van der Waals surface area (Å²) in [6.45, 7) is 10.9. The monoisotopic (exact) mass is 628 g/mol. The maximum Gasteiger partial charge on any atom is 0.471 e. The van der Waals surface area contributed by atoms with Crippen LogP contribution in [0, 0.1) is 28.6 Å². The number of halogens is 3. The molecule has 0 unspecified atom stereocenters. The number of nitrogens with two attached hydrogens (primary N) is 1. The molecule has 246 valence electrons. The first-order valence-electron chi connectivity index (χ1n) is 14.9. The van der Waals surface area contributed by atoms with Gasteiger partial charge in [0.05, 0.1) is 0 Å². The number of rotatable bonds is 7. The molecule has 0 radical (unpaired) electrons. The molecule has 1 aliphatic carbocycles. The number of nitrogens with one attached hydrogen (secondary N) is 3. The molecule has 6 atom stereocenters. The number of amides is 6. The van der Waals surface area contributed by atoms with E-state index < -0.39 is 64.8 Å². The first kappa shape index (κ1) is 33.5. The van der Waals surface area contributed by atoms with Gasteiger partial charge in [-0.15, -0.1) is 0 Å². The van der Waals surface area contributed by atoms with E-state index in [4.69, 9.17) is 5.73 Å². The van der Waals surface area contributed by atoms with E-state index in [2.05, 4.69) is 10.6 Å². The van der Waals surface area contributed by atoms with E-state index in [0.29, 0.717) is 32.4 Å². The number of hydrogen-bond donors (Lipinski definition) is 4. The van der Waals surface area contributed by atoms with Crippen LogP contribution in [-0.4, -0.2) is 94.7 Å². The molecule has 4 fully saturated rings. The van der Waals surface area contributed by atoms with Gasteiger partial charge in [0.15, 0.2) is 0 Å². The standard InChI is InChI=1S/C29H43F3N6O6/c1-14(39)37-9-7-28(8-10-37)12-15(22(41)36-28)11-17(21(33)40)34-23(42)19-18-16(27(18,5)6)13-38(19)24(43)20(26(2,3)4)35-25(44)29(30,31)32/h15-20H,7-13H2,1-6H3,(H2,33,40)(H,34,42)(H,35,44)(H,36,41)/t15-,16+,17+,18+,19+,20-/m1/s1. The lowest BCUT2D eigenvalue weighted by molar-refractivity contribution is -0.176. The van der Waals surface area contributed by atoms with Crippen molar-refractivity contribution in [2.75, 3.05) is 19.6 Å². The van der Waals surface area contributed by atoms with Gasteiger partial charge in [0, 0.05) is 38.0 Å². The van der Waals surface area contributed by atoms with Gasteiger partial charge in [-0.25, -0.2) is 0 Å². The van der Waals surface area contributed by atoms with Crippen molar-refractivity contribution < 1.29 is 41.9 Å². The van der Waals surface area contributed by atoms with Gasteiger partial charge < -0.3 is 31.5 Å². The Kier molecular flexibility index (Phi) is 8.53. The van der Waals surface area contributed by atoms with Crippen LogP contribution in [0.5, 0.6) is 0 Å². The second kappa shape index (κ2) is 11.2. The van der Waals surface area contributed by atoms with Crippen molar-refractivity contribution >= 4 is 35.4 Å². The highest BCUT2D eigenvalue weighted by Crippen LogP contribution is 2.65. The fourth-order valence-corrected chi connectivity index (χ4v) is 7.38. The summed E-state index contributed by atoms with van der Waals surface area (Å²) in [5.41, 5.74) is 3.66. The second-order valence-corrected chi connectivity index (χ2v) is 14.5. The molecule has 3 heterocycles. The summed E-state index contributed by atoms with van der Waals surface area (Å²) >= 11 is 0. The highest BCUT2D eigenvalue weighted by molar-refractivity contribution is 5.96. The third-order valence-electron chi connectivity index (χ3n) is 10.1. The van der Waals surface area contributed by atoms with Crippen LogP contribution in [0.15, 0.2) is 0 Å². The number of piperidine rings is 2. The van der Waals surface area contributed by atoms with Crippen molar-refractivity contribution in [3.05, 3.63) is 0 Å². The quantitative estimate of drug-likeness (QED) is 0.319. The van der Waals surface area contributed by atoms with Crippen LogP contribution in [0.4, 0.5) is 13.2 Å². The predicted molar refractivity (Wildman–Crippen MR) is 150 cm³/mol. The molecule has 0 aromatic rings. The minimum absolute atomic E-state index is 0.0469. The summed E-state index contributed by atoms with van der Waals surface area (Å²) < 4.78 is 39.3. The van der Waals surface area contributed by atoms with E-state index in [1.807, 2.05) is 13.8 Å². The number of nitrogens with zero attached hydrogens (tertiary/aromatic N) is 2. The van der Waals surface area contributed by atoms with E-state index >= 15 is 0 Å². The first-order chi connectivity index (χ1) is 20.1. The van der Waals surface area contributed by atoms with Crippen molar-refractivity contribution in [3.63, 3.8) is 0 Å². The summed E-state index contributed by atoms with van der Waals surface area (Å²) in [4.78, 5) is 79.4. The summed E-state index contributed by atoms with van der Waals surface area (Å²) in [6, 6.07) is -3.93. The number of primary amides is 1. The molecule has 15 heteroatoms. The Morgan fingerprint density at radius 2 is 1.66 bits per heavy atom. The highest BCUT2D eigenvalue weighted by Gasteiger charge is 2.70. The van der Waals surface area contributed by atoms with Crippen molar-refractivity contribution in [1.29, 1.82) is 0 Å². The van der Waals surface area contributed by atoms with Crippen LogP contribution in [0.2, 0.25) is 0 Å². The molecule has 0 aromatic carbocycles. The van der Waals surface area contributed by atoms with Crippen LogP contribution >= 0.6 is 0 Å². The number of hydrogen-bond acceptors (Lipinski definition) is 6. The topological polar surface area (TPSA) is 171 Å². The van der Waals surface area contributed by atoms with Crippen molar-refractivity contribution in [2.45, 2.75) is 97.1 Å². The Bertz CT molecular complexity index is 1240. The van der Waals surface area contributed by atoms with E-state index in [0.717, 1.165) is 0 Å². The smallest absolute Gasteiger partial charge is 0.368 e. The van der Waals surface area contributed by atoms with E-state index in [9.17, 15) is 41.9 Å². The lowest BCUT2D eigenvalue weighted by Crippen LogP contribution is -2.61. The van der Waals surface area contributed by atoms with Crippen molar-refractivity contribution in [1.82, 2.24) is 25.8 Å². The van der Waals surface area contributed by atoms with Gasteiger partial charge >= 0.3 is 12.1 Å². The summed E-state index contributed by atoms with van der Waals surface area (Å²) in [7, 11) is 0. The molecular formula is C29H43F3N6O6. The number of carbonyl (C=O) groups excluding carboxylic acids is 6. The van der Waals surface area contributed by atoms with Gasteiger partial charge in [0.2, 0.25) is 29.5 Å². The minimum atomic E-state index is -5.21. The SMILES string of the molecule is CC(=O)N1CCC2(CC1)C[C@@H](C[C@H](NC(=O)[C@@H]1[C@@H]3[C@H](CN1C(=O)[C@@H](NC(=O)C(F)(F)F)C(C)(C)C)C3(C)C)C(N)=O)C(=O)N2. The van der Waals surface area contributed by atoms with Gasteiger partial charge in [0.25, 0.3) is 0 Å². The van der Waals surface area contributed by atoms with Gasteiger partial charge in [-0.1, -0.05) is 34.6 Å². The van der Waals surface area contributed by atoms with E-state index in [1.165, 1.54) is 32.6 Å². The molecular weight excluding hydrogens is 585 g/mol. The zero-order valence-electron chi connectivity index (χ0n) is 26.0. The average molecular weight is 629 g/mol. The van der Waals surface area contributed by atoms with Gasteiger partial charge in [-0.05, 0) is 48.3 Å². The largest absolute Gasteiger partial charge is 0.471 e. The molecule has 0 bridgehead atoms. The highest BCUT2D eigenvalue weighted by atomic mass is 19.4. The summed E-state index contributed by atoms with van der Waals surface area (Å²) in [6.07, 6.45) is -3.77. The van der Waals surface area contributed by atoms with Crippen LogP contribution in [0.25, 0.3) is 0 Å². The number of fused-ring (bicyclic) bond motifs is 1. The molecule has 44 heavy (non-hydrogen) atoms. The third kappa shape index (κ3) is 6.37. The Morgan fingerprint density at radius 1 is 1.07 bits per heavy atom. The molecule has 5 N–H and O–H groups in total. The van der Waals surface area contributed by atoms with Crippen molar-refractivity contribution in [3.8, 4) is 0 Å². The summed E-state index contributed by atoms with van der Waals surface area (Å²) in [5, 5.41) is 7.46. The number of alkyl halides is 3. The molecule has 4 rings (SSSR count). The molecule has 1 saturated carbocycles. The maximum absolute atomic E-state index is 13.8. The van der Waals surface area contributed by atoms with Gasteiger partial charge in [-0.3, -0.25) is 28.8 Å². The molecule has 0 aromatic heterocycles. The predicted octanol–water partition coefficient (Wildman–Crippen LogP) is 0.440. The second-order valence-electron chi connectivity index (χ2n) is 14.5. The molecule has 4 aliphatic rings. The number of carbonyl (C=O) groups is 6. The Labute approximate surface area is 254 Å². The normalized spacial score (nSPS) is 28.5. The Balaban J connectivity index is 1.49. The molecule has 3 saturated heterocycles. The zero-order chi connectivity index (χ0) is 33.2. The zero-order valence-corrected chi connectivity index (χ0v) is 26.0. The average Bonchev–Trinajstić information content (AvgIpc) is 3.19. The van der Waals surface area contributed by atoms with E-state index in [1.54, 1.807) is 10.2 Å².